The molecule has 8 heterocycles. The third-order valence-corrected chi connectivity index (χ3v) is 19.0. The van der Waals surface area contributed by atoms with Gasteiger partial charge >= 0.3 is 0 Å². The topological polar surface area (TPSA) is 251 Å². The highest BCUT2D eigenvalue weighted by molar-refractivity contribution is 7.81. The minimum Gasteiger partial charge on any atom is -0.465 e. The number of carbonyl (C=O) groups excluding carboxylic acids is 8. The lowest BCUT2D eigenvalue weighted by Crippen LogP contribution is -2.54. The van der Waals surface area contributed by atoms with Crippen molar-refractivity contribution in [2.75, 3.05) is 4.90 Å². The fourth-order valence-corrected chi connectivity index (χ4v) is 14.6. The molecule has 25 heteroatoms. The van der Waals surface area contributed by atoms with Crippen molar-refractivity contribution in [3.8, 4) is 11.4 Å². The molecule has 8 amide bonds. The molecule has 4 aliphatic heterocycles. The van der Waals surface area contributed by atoms with Crippen molar-refractivity contribution in [3.05, 3.63) is 238 Å². The van der Waals surface area contributed by atoms with E-state index >= 15 is 0 Å². The number of carbonyl (C=O) groups is 8. The van der Waals surface area contributed by atoms with Crippen LogP contribution in [0.25, 0.3) is 34.4 Å². The van der Waals surface area contributed by atoms with Crippen molar-refractivity contribution in [2.45, 2.75) is 93.9 Å². The Morgan fingerprint density at radius 2 is 1.03 bits per heavy atom. The average molecular weight is 1400 g/mol. The second-order valence-electron chi connectivity index (χ2n) is 23.6. The summed E-state index contributed by atoms with van der Waals surface area (Å²) in [5.41, 5.74) is 16.8. The van der Waals surface area contributed by atoms with Crippen LogP contribution in [0, 0.1) is 55.0 Å². The maximum absolute atomic E-state index is 12.7. The molecule has 3 aromatic carbocycles. The minimum atomic E-state index is -0.531. The Morgan fingerprint density at radius 1 is 0.541 bits per heavy atom. The number of fused-ring (bicyclic) bond motifs is 1. The lowest BCUT2D eigenvalue weighted by atomic mass is 9.91. The molecule has 0 saturated carbocycles. The van der Waals surface area contributed by atoms with Gasteiger partial charge in [0.1, 0.15) is 28.1 Å². The van der Waals surface area contributed by atoms with Crippen LogP contribution in [-0.4, -0.2) is 76.8 Å². The summed E-state index contributed by atoms with van der Waals surface area (Å²) in [6.45, 7) is 25.7. The molecular weight excluding hydrogens is 1340 g/mol. The van der Waals surface area contributed by atoms with Gasteiger partial charge in [0.2, 0.25) is 5.69 Å². The SMILES string of the molecule is Cc1cc(C)cc(-n2c(C)cc(C=C3C(=O)NC(=S)NC3=O)c2C)c1.Cc1cc(C=C2C(=O)NC(=S)NC2=O)c(C)n1-c1ccccc1.Cc1ccccc1N1C(=O)/C(=C/c2ccco2)C(=O)NC1=S.[C-]#[N+]c1c(C2C(C)=CC(C=C3C(=O)NC(=S)NC3=O)=C2C)sc2c1CCCC2. The maximum atomic E-state index is 12.7. The molecular formula is C73H65N11O9S5. The highest BCUT2D eigenvalue weighted by Crippen LogP contribution is 2.51. The predicted molar refractivity (Wildman–Crippen MR) is 393 cm³/mol. The number of thiophene rings is 1. The van der Waals surface area contributed by atoms with Gasteiger partial charge in [0.15, 0.2) is 20.4 Å². The van der Waals surface area contributed by atoms with Crippen LogP contribution in [0.2, 0.25) is 0 Å². The van der Waals surface area contributed by atoms with Gasteiger partial charge in [-0.15, -0.1) is 0 Å². The zero-order chi connectivity index (χ0) is 70.5. The minimum absolute atomic E-state index is 0.0215. The molecule has 0 spiro atoms. The van der Waals surface area contributed by atoms with Gasteiger partial charge in [-0.25, -0.2) is 4.85 Å². The Hall–Kier alpha value is -10.8. The van der Waals surface area contributed by atoms with Gasteiger partial charge in [0, 0.05) is 44.9 Å². The Morgan fingerprint density at radius 3 is 1.54 bits per heavy atom. The van der Waals surface area contributed by atoms with E-state index < -0.39 is 47.3 Å². The van der Waals surface area contributed by atoms with Crippen molar-refractivity contribution in [1.82, 2.24) is 46.4 Å². The largest absolute Gasteiger partial charge is 0.465 e. The van der Waals surface area contributed by atoms with Crippen molar-refractivity contribution >= 4 is 158 Å². The number of allylic oxidation sites excluding steroid dienone is 5. The average Bonchev–Trinajstić information content (AvgIpc) is 1.60. The molecule has 7 N–H and O–H groups in total. The van der Waals surface area contributed by atoms with Crippen molar-refractivity contribution in [3.63, 3.8) is 0 Å². The lowest BCUT2D eigenvalue weighted by molar-refractivity contribution is -0.125. The van der Waals surface area contributed by atoms with E-state index in [4.69, 9.17) is 59.9 Å². The van der Waals surface area contributed by atoms with E-state index in [-0.39, 0.29) is 48.7 Å². The number of amides is 8. The first-order valence-corrected chi connectivity index (χ1v) is 33.2. The van der Waals surface area contributed by atoms with Crippen molar-refractivity contribution in [2.24, 2.45) is 0 Å². The highest BCUT2D eigenvalue weighted by Gasteiger charge is 2.37. The van der Waals surface area contributed by atoms with Crippen LogP contribution in [0.3, 0.4) is 0 Å². The van der Waals surface area contributed by atoms with E-state index in [1.54, 1.807) is 47.8 Å². The molecule has 6 aliphatic rings. The molecule has 4 aromatic heterocycles. The summed E-state index contributed by atoms with van der Waals surface area (Å²) in [5, 5.41) is 17.4. The van der Waals surface area contributed by atoms with Crippen LogP contribution in [0.4, 0.5) is 11.4 Å². The van der Waals surface area contributed by atoms with Gasteiger partial charge < -0.3 is 13.6 Å². The molecule has 13 rings (SSSR count). The number of nitrogens with zero attached hydrogens (tertiary/aromatic N) is 4. The first-order valence-electron chi connectivity index (χ1n) is 30.8. The Labute approximate surface area is 590 Å². The number of benzene rings is 3. The van der Waals surface area contributed by atoms with E-state index in [0.29, 0.717) is 11.4 Å². The summed E-state index contributed by atoms with van der Waals surface area (Å²) in [6.07, 6.45) is 14.1. The van der Waals surface area contributed by atoms with Gasteiger partial charge in [-0.05, 0) is 253 Å². The standard InChI is InChI=1S/C21H19N3O2S2.C19H19N3O2S.C17H15N3O2S.C16H12N2O3S/c1-10-8-12(9-14-19(25)23-21(27)24-20(14)26)11(2)16(10)18-17(22-3)13-6-4-5-7-15(13)28-18;1-10-5-11(2)7-15(6-10)22-12(3)8-14(13(22)4)9-16-17(23)20-19(25)21-18(16)24;1-10-8-12(9-14-15(21)18-17(23)19-16(14)22)11(2)20(10)13-6-4-3-5-7-13;1-10-5-2-3-7-13(10)18-15(20)12(14(19)17-16(18)22)9-11-6-4-8-21-11/h8-9,16H,4-7H2,1-2H3,(H2,23,24,25,26,27);5-9H,1-4H3,(H2,20,21,23,24,25);3-9H,1-2H3,(H2,18,19,21,22,23);2-9H,1H3,(H,17,19,22)/b;;;12-9+. The summed E-state index contributed by atoms with van der Waals surface area (Å²) in [4.78, 5) is 105. The molecule has 20 nitrogen and oxygen atoms in total. The number of aromatic nitrogens is 2. The lowest BCUT2D eigenvalue weighted by Gasteiger charge is -2.29. The predicted octanol–water partition coefficient (Wildman–Crippen LogP) is 11.0. The van der Waals surface area contributed by atoms with E-state index in [1.165, 1.54) is 45.2 Å². The monoisotopic (exact) mass is 1400 g/mol. The van der Waals surface area contributed by atoms with Crippen molar-refractivity contribution < 1.29 is 42.8 Å². The first-order chi connectivity index (χ1) is 46.7. The Kier molecular flexibility index (Phi) is 21.2. The Balaban J connectivity index is 0.000000142. The van der Waals surface area contributed by atoms with Crippen LogP contribution < -0.4 is 42.1 Å². The molecule has 7 aromatic rings. The second-order valence-corrected chi connectivity index (χ2v) is 26.4. The number of hydrogen-bond acceptors (Lipinski definition) is 14. The molecule has 1 unspecified atom stereocenters. The summed E-state index contributed by atoms with van der Waals surface area (Å²) in [7, 11) is 0. The molecule has 1 atom stereocenters. The number of nitrogens with one attached hydrogen (secondary N) is 7. The van der Waals surface area contributed by atoms with Crippen LogP contribution in [-0.2, 0) is 51.2 Å². The molecule has 0 bridgehead atoms. The van der Waals surface area contributed by atoms with Crippen molar-refractivity contribution in [1.29, 1.82) is 0 Å². The number of aryl methyl sites for hydroxylation is 6. The molecule has 2 aliphatic carbocycles. The van der Waals surface area contributed by atoms with Gasteiger partial charge in [-0.3, -0.25) is 80.5 Å². The van der Waals surface area contributed by atoms with E-state index in [2.05, 4.69) is 83.2 Å². The zero-order valence-electron chi connectivity index (χ0n) is 54.6. The Bertz CT molecular complexity index is 4790. The highest BCUT2D eigenvalue weighted by atomic mass is 32.1. The molecule has 4 saturated heterocycles. The van der Waals surface area contributed by atoms with Gasteiger partial charge in [-0.1, -0.05) is 66.1 Å². The number of rotatable bonds is 8. The van der Waals surface area contributed by atoms with Gasteiger partial charge in [0.25, 0.3) is 47.3 Å². The second kappa shape index (κ2) is 29.7. The smallest absolute Gasteiger partial charge is 0.270 e. The third kappa shape index (κ3) is 15.1. The van der Waals surface area contributed by atoms with E-state index in [0.717, 1.165) is 97.4 Å². The van der Waals surface area contributed by atoms with E-state index in [1.807, 2.05) is 115 Å². The fraction of sp³-hybridized carbons (Fsp3) is 0.192. The molecule has 4 fully saturated rings. The number of hydrogen-bond donors (Lipinski definition) is 7. The number of anilines is 1. The number of thiocarbonyl (C=S) groups is 4. The first kappa shape index (κ1) is 70.1. The van der Waals surface area contributed by atoms with Crippen LogP contribution in [0.5, 0.6) is 0 Å². The zero-order valence-corrected chi connectivity index (χ0v) is 58.7. The normalized spacial score (nSPS) is 17.1. The summed E-state index contributed by atoms with van der Waals surface area (Å²) >= 11 is 21.4. The van der Waals surface area contributed by atoms with Crippen LogP contribution in [0.1, 0.15) is 104 Å². The molecule has 98 heavy (non-hydrogen) atoms. The summed E-state index contributed by atoms with van der Waals surface area (Å²) < 4.78 is 9.36. The maximum Gasteiger partial charge on any atom is 0.270 e. The third-order valence-electron chi connectivity index (χ3n) is 16.7. The van der Waals surface area contributed by atoms with Gasteiger partial charge in [-0.2, -0.15) is 11.3 Å². The fourth-order valence-electron chi connectivity index (χ4n) is 12.2. The summed E-state index contributed by atoms with van der Waals surface area (Å²) in [5.74, 6) is -3.45. The molecule has 0 radical (unpaired) electrons. The summed E-state index contributed by atoms with van der Waals surface area (Å²) in [6, 6.07) is 30.9. The quantitative estimate of drug-likeness (QED) is 0.0324. The van der Waals surface area contributed by atoms with Crippen LogP contribution >= 0.6 is 60.2 Å². The van der Waals surface area contributed by atoms with E-state index in [9.17, 15) is 38.4 Å². The number of para-hydroxylation sites is 2. The number of furan rings is 1. The van der Waals surface area contributed by atoms with Gasteiger partial charge in [0.05, 0.1) is 18.5 Å². The van der Waals surface area contributed by atoms with Crippen LogP contribution in [0.15, 0.2) is 159 Å². The molecule has 496 valence electrons.